The third kappa shape index (κ3) is 4.31. The molecule has 0 saturated carbocycles. The maximum atomic E-state index is 13.1. The first-order valence-electron chi connectivity index (χ1n) is 9.97. The van der Waals surface area contributed by atoms with Gasteiger partial charge in [-0.05, 0) is 50.8 Å². The van der Waals surface area contributed by atoms with E-state index in [2.05, 4.69) is 15.9 Å². The second-order valence-corrected chi connectivity index (χ2v) is 10.3. The summed E-state index contributed by atoms with van der Waals surface area (Å²) < 4.78 is 18.5. The van der Waals surface area contributed by atoms with Gasteiger partial charge in [-0.1, -0.05) is 28.1 Å². The molecule has 1 aliphatic heterocycles. The lowest BCUT2D eigenvalue weighted by atomic mass is 9.94. The molecule has 29 heavy (non-hydrogen) atoms. The summed E-state index contributed by atoms with van der Waals surface area (Å²) in [5.74, 6) is -0.523. The van der Waals surface area contributed by atoms with Crippen molar-refractivity contribution >= 4 is 47.3 Å². The molecule has 0 atom stereocenters. The fourth-order valence-corrected chi connectivity index (χ4v) is 6.82. The molecular formula is C21H26BrNO5Si. The highest BCUT2D eigenvalue weighted by Crippen LogP contribution is 2.34. The fourth-order valence-electron chi connectivity index (χ4n) is 3.77. The zero-order valence-corrected chi connectivity index (χ0v) is 19.6. The molecule has 156 valence electrons. The van der Waals surface area contributed by atoms with E-state index in [1.54, 1.807) is 12.1 Å². The van der Waals surface area contributed by atoms with Crippen molar-refractivity contribution in [2.24, 2.45) is 0 Å². The lowest BCUT2D eigenvalue weighted by Gasteiger charge is -2.30. The minimum Gasteiger partial charge on any atom is -0.374 e. The average Bonchev–Trinajstić information content (AvgIpc) is 2.70. The van der Waals surface area contributed by atoms with E-state index in [4.69, 9.17) is 13.3 Å². The highest BCUT2D eigenvalue weighted by Gasteiger charge is 2.41. The van der Waals surface area contributed by atoms with Crippen LogP contribution in [0.4, 0.5) is 0 Å². The summed E-state index contributed by atoms with van der Waals surface area (Å²) in [5, 5.41) is 1.59. The van der Waals surface area contributed by atoms with Gasteiger partial charge in [0.25, 0.3) is 11.8 Å². The molecule has 2 aromatic carbocycles. The minimum absolute atomic E-state index is 0.261. The van der Waals surface area contributed by atoms with Gasteiger partial charge in [-0.15, -0.1) is 0 Å². The van der Waals surface area contributed by atoms with Crippen LogP contribution >= 0.6 is 15.9 Å². The van der Waals surface area contributed by atoms with Gasteiger partial charge in [-0.25, -0.2) is 0 Å². The molecule has 1 heterocycles. The van der Waals surface area contributed by atoms with Crippen molar-refractivity contribution in [2.75, 3.05) is 26.4 Å². The van der Waals surface area contributed by atoms with Gasteiger partial charge in [-0.2, -0.15) is 0 Å². The molecule has 0 fully saturated rings. The molecule has 0 bridgehead atoms. The lowest BCUT2D eigenvalue weighted by molar-refractivity contribution is 0.0578. The van der Waals surface area contributed by atoms with Gasteiger partial charge in [-0.3, -0.25) is 14.5 Å². The molecule has 0 saturated heterocycles. The van der Waals surface area contributed by atoms with Crippen LogP contribution < -0.4 is 0 Å². The normalized spacial score (nSPS) is 14.1. The lowest BCUT2D eigenvalue weighted by Crippen LogP contribution is -2.47. The maximum Gasteiger partial charge on any atom is 0.500 e. The minimum atomic E-state index is -2.81. The van der Waals surface area contributed by atoms with E-state index < -0.39 is 8.80 Å². The summed E-state index contributed by atoms with van der Waals surface area (Å²) in [5.41, 5.74) is 1.11. The van der Waals surface area contributed by atoms with E-state index in [9.17, 15) is 9.59 Å². The van der Waals surface area contributed by atoms with Crippen LogP contribution in [0.5, 0.6) is 0 Å². The fraction of sp³-hybridized carbons (Fsp3) is 0.429. The molecular weight excluding hydrogens is 454 g/mol. The Labute approximate surface area is 180 Å². The van der Waals surface area contributed by atoms with Gasteiger partial charge in [0.05, 0.1) is 0 Å². The summed E-state index contributed by atoms with van der Waals surface area (Å²) in [6.07, 6.45) is 0.561. The Hall–Kier alpha value is -1.58. The first-order chi connectivity index (χ1) is 14.0. The van der Waals surface area contributed by atoms with Crippen LogP contribution in [0.15, 0.2) is 34.8 Å². The summed E-state index contributed by atoms with van der Waals surface area (Å²) >= 11 is 3.51. The zero-order valence-electron chi connectivity index (χ0n) is 17.0. The Balaban J connectivity index is 1.81. The first-order valence-corrected chi connectivity index (χ1v) is 12.7. The number of amides is 2. The smallest absolute Gasteiger partial charge is 0.374 e. The largest absolute Gasteiger partial charge is 0.500 e. The Morgan fingerprint density at radius 2 is 1.48 bits per heavy atom. The molecule has 0 unspecified atom stereocenters. The summed E-state index contributed by atoms with van der Waals surface area (Å²) in [4.78, 5) is 27.5. The molecule has 0 aromatic heterocycles. The van der Waals surface area contributed by atoms with Gasteiger partial charge >= 0.3 is 8.80 Å². The molecule has 8 heteroatoms. The quantitative estimate of drug-likeness (QED) is 0.366. The number of carbonyl (C=O) groups is 2. The van der Waals surface area contributed by atoms with Crippen LogP contribution in [0, 0.1) is 0 Å². The summed E-state index contributed by atoms with van der Waals surface area (Å²) in [7, 11) is -2.81. The van der Waals surface area contributed by atoms with Crippen molar-refractivity contribution in [3.63, 3.8) is 0 Å². The van der Waals surface area contributed by atoms with Gasteiger partial charge in [0.2, 0.25) is 0 Å². The van der Waals surface area contributed by atoms with E-state index in [1.165, 1.54) is 4.90 Å². The van der Waals surface area contributed by atoms with E-state index in [-0.39, 0.29) is 11.8 Å². The number of carbonyl (C=O) groups excluding carboxylic acids is 2. The molecule has 0 N–H and O–H groups in total. The van der Waals surface area contributed by atoms with Gasteiger partial charge < -0.3 is 13.3 Å². The Morgan fingerprint density at radius 1 is 0.897 bits per heavy atom. The topological polar surface area (TPSA) is 65.1 Å². The highest BCUT2D eigenvalue weighted by molar-refractivity contribution is 9.10. The Morgan fingerprint density at radius 3 is 2.07 bits per heavy atom. The van der Waals surface area contributed by atoms with Gasteiger partial charge in [0.1, 0.15) is 0 Å². The Bertz CT molecular complexity index is 880. The van der Waals surface area contributed by atoms with E-state index in [0.717, 1.165) is 15.2 Å². The number of imide groups is 1. The van der Waals surface area contributed by atoms with Crippen LogP contribution in [0.2, 0.25) is 6.04 Å². The van der Waals surface area contributed by atoms with Crippen molar-refractivity contribution in [2.45, 2.75) is 33.2 Å². The number of hydrogen-bond donors (Lipinski definition) is 0. The van der Waals surface area contributed by atoms with Crippen LogP contribution in [0.3, 0.4) is 0 Å². The average molecular weight is 480 g/mol. The summed E-state index contributed by atoms with van der Waals surface area (Å²) in [6, 6.07) is 9.71. The SMILES string of the molecule is CCO[Si](CCCN1C(=O)c2cccc3c(Br)ccc(c23)C1=O)(OCC)OCC. The molecule has 2 aromatic rings. The zero-order chi connectivity index (χ0) is 21.0. The van der Waals surface area contributed by atoms with Crippen molar-refractivity contribution in [3.8, 4) is 0 Å². The van der Waals surface area contributed by atoms with E-state index in [1.807, 2.05) is 39.0 Å². The monoisotopic (exact) mass is 479 g/mol. The van der Waals surface area contributed by atoms with Crippen molar-refractivity contribution in [1.82, 2.24) is 4.90 Å². The second-order valence-electron chi connectivity index (χ2n) is 6.67. The van der Waals surface area contributed by atoms with Crippen molar-refractivity contribution in [1.29, 1.82) is 0 Å². The van der Waals surface area contributed by atoms with Crippen LogP contribution in [0.25, 0.3) is 10.8 Å². The molecule has 0 spiro atoms. The maximum absolute atomic E-state index is 13.1. The third-order valence-corrected chi connectivity index (χ3v) is 8.74. The van der Waals surface area contributed by atoms with Gasteiger partial charge in [0, 0.05) is 53.4 Å². The van der Waals surface area contributed by atoms with Crippen molar-refractivity contribution < 1.29 is 22.9 Å². The van der Waals surface area contributed by atoms with Crippen LogP contribution in [0.1, 0.15) is 47.9 Å². The predicted octanol–water partition coefficient (Wildman–Crippen LogP) is 4.64. The molecule has 0 aliphatic carbocycles. The number of rotatable bonds is 10. The molecule has 6 nitrogen and oxygen atoms in total. The highest BCUT2D eigenvalue weighted by atomic mass is 79.9. The Kier molecular flexibility index (Phi) is 7.23. The van der Waals surface area contributed by atoms with E-state index in [0.29, 0.717) is 50.0 Å². The number of hydrogen-bond acceptors (Lipinski definition) is 5. The molecule has 1 aliphatic rings. The molecule has 3 rings (SSSR count). The number of halogens is 1. The standard InChI is InChI=1S/C21H26BrNO5Si/c1-4-26-29(27-5-2,28-6-3)14-8-13-23-20(24)16-10-7-9-15-18(22)12-11-17(19(15)16)21(23)25/h7,9-12H,4-6,8,13-14H2,1-3H3. The van der Waals surface area contributed by atoms with Crippen LogP contribution in [-0.2, 0) is 13.3 Å². The molecule has 0 radical (unpaired) electrons. The molecule has 2 amide bonds. The van der Waals surface area contributed by atoms with Crippen molar-refractivity contribution in [3.05, 3.63) is 45.9 Å². The number of benzene rings is 2. The number of nitrogens with zero attached hydrogens (tertiary/aromatic N) is 1. The predicted molar refractivity (Wildman–Crippen MR) is 117 cm³/mol. The summed E-state index contributed by atoms with van der Waals surface area (Å²) in [6.45, 7) is 7.52. The van der Waals surface area contributed by atoms with Crippen LogP contribution in [-0.4, -0.2) is 51.9 Å². The van der Waals surface area contributed by atoms with E-state index >= 15 is 0 Å². The first kappa shape index (κ1) is 22.1. The second kappa shape index (κ2) is 9.49. The van der Waals surface area contributed by atoms with Gasteiger partial charge in [0.15, 0.2) is 0 Å². The third-order valence-electron chi connectivity index (χ3n) is 4.90.